The van der Waals surface area contributed by atoms with Gasteiger partial charge in [0.2, 0.25) is 11.8 Å². The average Bonchev–Trinajstić information content (AvgIpc) is 2.74. The fourth-order valence-corrected chi connectivity index (χ4v) is 3.72. The molecule has 8 heteroatoms. The van der Waals surface area contributed by atoms with Crippen molar-refractivity contribution in [2.24, 2.45) is 0 Å². The third-order valence-corrected chi connectivity index (χ3v) is 5.27. The second-order valence-corrected chi connectivity index (χ2v) is 7.22. The van der Waals surface area contributed by atoms with Crippen LogP contribution in [-0.2, 0) is 16.0 Å². The zero-order chi connectivity index (χ0) is 20.4. The first kappa shape index (κ1) is 18.8. The number of carbonyl (C=O) groups excluding carboxylic acids is 3. The topological polar surface area (TPSA) is 102 Å². The van der Waals surface area contributed by atoms with E-state index in [0.29, 0.717) is 25.2 Å². The van der Waals surface area contributed by atoms with Gasteiger partial charge in [-0.3, -0.25) is 9.59 Å². The molecule has 2 atom stereocenters. The number of fused-ring (bicyclic) bond motifs is 1. The van der Waals surface area contributed by atoms with Gasteiger partial charge in [-0.25, -0.2) is 4.79 Å². The summed E-state index contributed by atoms with van der Waals surface area (Å²) in [6.45, 7) is 0.827. The monoisotopic (exact) mass is 394 g/mol. The number of hydrogen-bond acceptors (Lipinski definition) is 4. The lowest BCUT2D eigenvalue weighted by Gasteiger charge is -2.45. The number of anilines is 1. The summed E-state index contributed by atoms with van der Waals surface area (Å²) in [6, 6.07) is 14.0. The zero-order valence-corrected chi connectivity index (χ0v) is 15.7. The Morgan fingerprint density at radius 1 is 1.07 bits per heavy atom. The average molecular weight is 394 g/mol. The Kier molecular flexibility index (Phi) is 5.07. The van der Waals surface area contributed by atoms with Crippen LogP contribution in [0.15, 0.2) is 54.6 Å². The molecule has 8 nitrogen and oxygen atoms in total. The van der Waals surface area contributed by atoms with Gasteiger partial charge in [0.25, 0.3) is 0 Å². The smallest absolute Gasteiger partial charge is 0.321 e. The molecule has 150 valence electrons. The number of rotatable bonds is 3. The summed E-state index contributed by atoms with van der Waals surface area (Å²) < 4.78 is 0. The van der Waals surface area contributed by atoms with Crippen molar-refractivity contribution in [3.63, 3.8) is 0 Å². The SMILES string of the molecule is O=C1NC(Cc2ccc(O)cc2)C(=O)N2CCN(C(=O)Nc3ccccc3)CC12. The minimum absolute atomic E-state index is 0.147. The maximum Gasteiger partial charge on any atom is 0.321 e. The highest BCUT2D eigenvalue weighted by Gasteiger charge is 2.44. The van der Waals surface area contributed by atoms with E-state index in [1.165, 1.54) is 0 Å². The van der Waals surface area contributed by atoms with Crippen LogP contribution >= 0.6 is 0 Å². The van der Waals surface area contributed by atoms with Gasteiger partial charge in [-0.15, -0.1) is 0 Å². The number of carbonyl (C=O) groups is 3. The fraction of sp³-hybridized carbons (Fsp3) is 0.286. The van der Waals surface area contributed by atoms with E-state index < -0.39 is 12.1 Å². The summed E-state index contributed by atoms with van der Waals surface area (Å²) in [5.41, 5.74) is 1.53. The Morgan fingerprint density at radius 2 is 1.79 bits per heavy atom. The minimum Gasteiger partial charge on any atom is -0.508 e. The van der Waals surface area contributed by atoms with Gasteiger partial charge in [-0.1, -0.05) is 30.3 Å². The molecule has 4 amide bonds. The first-order chi connectivity index (χ1) is 14.0. The zero-order valence-electron chi connectivity index (χ0n) is 15.7. The number of phenolic OH excluding ortho intramolecular Hbond substituents is 1. The van der Waals surface area contributed by atoms with Crippen molar-refractivity contribution in [3.8, 4) is 5.75 Å². The van der Waals surface area contributed by atoms with Crippen molar-refractivity contribution >= 4 is 23.5 Å². The number of nitrogens with one attached hydrogen (secondary N) is 2. The maximum atomic E-state index is 12.9. The Hall–Kier alpha value is -3.55. The van der Waals surface area contributed by atoms with Crippen molar-refractivity contribution in [2.75, 3.05) is 25.0 Å². The lowest BCUT2D eigenvalue weighted by atomic mass is 9.98. The van der Waals surface area contributed by atoms with Crippen molar-refractivity contribution in [2.45, 2.75) is 18.5 Å². The van der Waals surface area contributed by atoms with Crippen LogP contribution in [0.25, 0.3) is 0 Å². The molecule has 2 heterocycles. The fourth-order valence-electron chi connectivity index (χ4n) is 3.72. The number of aromatic hydroxyl groups is 1. The van der Waals surface area contributed by atoms with Gasteiger partial charge in [0.15, 0.2) is 0 Å². The molecule has 29 heavy (non-hydrogen) atoms. The van der Waals surface area contributed by atoms with E-state index in [1.54, 1.807) is 46.2 Å². The number of benzene rings is 2. The number of urea groups is 1. The highest BCUT2D eigenvalue weighted by molar-refractivity contribution is 5.98. The van der Waals surface area contributed by atoms with Crippen molar-refractivity contribution in [3.05, 3.63) is 60.2 Å². The lowest BCUT2D eigenvalue weighted by molar-refractivity contribution is -0.152. The highest BCUT2D eigenvalue weighted by Crippen LogP contribution is 2.20. The van der Waals surface area contributed by atoms with Gasteiger partial charge in [0, 0.05) is 25.2 Å². The van der Waals surface area contributed by atoms with Crippen LogP contribution in [0.2, 0.25) is 0 Å². The van der Waals surface area contributed by atoms with E-state index in [0.717, 1.165) is 5.56 Å². The number of para-hydroxylation sites is 1. The Labute approximate surface area is 168 Å². The molecule has 2 aromatic carbocycles. The largest absolute Gasteiger partial charge is 0.508 e. The van der Waals surface area contributed by atoms with E-state index in [4.69, 9.17) is 0 Å². The van der Waals surface area contributed by atoms with E-state index in [-0.39, 0.29) is 30.1 Å². The van der Waals surface area contributed by atoms with E-state index in [9.17, 15) is 19.5 Å². The molecular weight excluding hydrogens is 372 g/mol. The normalized spacial score (nSPS) is 21.4. The molecule has 3 N–H and O–H groups in total. The summed E-state index contributed by atoms with van der Waals surface area (Å²) in [6.07, 6.45) is 0.353. The second kappa shape index (κ2) is 7.83. The van der Waals surface area contributed by atoms with Crippen LogP contribution in [-0.4, -0.2) is 64.5 Å². The standard InChI is InChI=1S/C21H22N4O4/c26-16-8-6-14(7-9-16)12-17-20(28)25-11-10-24(13-18(25)19(27)23-17)21(29)22-15-4-2-1-3-5-15/h1-9,17-18,26H,10-13H2,(H,22,29)(H,23,27). The predicted octanol–water partition coefficient (Wildman–Crippen LogP) is 1.18. The molecule has 2 aliphatic heterocycles. The number of amides is 4. The van der Waals surface area contributed by atoms with Crippen LogP contribution in [0, 0.1) is 0 Å². The van der Waals surface area contributed by atoms with Gasteiger partial charge >= 0.3 is 6.03 Å². The minimum atomic E-state index is -0.686. The van der Waals surface area contributed by atoms with Crippen LogP contribution in [0.3, 0.4) is 0 Å². The highest BCUT2D eigenvalue weighted by atomic mass is 16.3. The van der Waals surface area contributed by atoms with Gasteiger partial charge in [-0.05, 0) is 29.8 Å². The summed E-state index contributed by atoms with van der Waals surface area (Å²) in [7, 11) is 0. The third-order valence-electron chi connectivity index (χ3n) is 5.27. The molecule has 2 aliphatic rings. The van der Waals surface area contributed by atoms with Crippen molar-refractivity contribution in [1.29, 1.82) is 0 Å². The molecule has 0 bridgehead atoms. The molecule has 0 spiro atoms. The first-order valence-electron chi connectivity index (χ1n) is 9.51. The molecule has 2 fully saturated rings. The first-order valence-corrected chi connectivity index (χ1v) is 9.51. The molecule has 0 radical (unpaired) electrons. The Morgan fingerprint density at radius 3 is 2.52 bits per heavy atom. The lowest BCUT2D eigenvalue weighted by Crippen LogP contribution is -2.70. The number of piperazine rings is 2. The van der Waals surface area contributed by atoms with Crippen molar-refractivity contribution in [1.82, 2.24) is 15.1 Å². The van der Waals surface area contributed by atoms with Crippen LogP contribution < -0.4 is 10.6 Å². The van der Waals surface area contributed by atoms with Crippen LogP contribution in [0.1, 0.15) is 5.56 Å². The van der Waals surface area contributed by atoms with E-state index in [2.05, 4.69) is 10.6 Å². The van der Waals surface area contributed by atoms with Crippen LogP contribution in [0.4, 0.5) is 10.5 Å². The number of phenols is 1. The molecule has 2 aromatic rings. The summed E-state index contributed by atoms with van der Waals surface area (Å²) in [5, 5.41) is 15.0. The molecule has 0 aliphatic carbocycles. The Balaban J connectivity index is 1.40. The van der Waals surface area contributed by atoms with Gasteiger partial charge in [-0.2, -0.15) is 0 Å². The number of nitrogens with zero attached hydrogens (tertiary/aromatic N) is 2. The molecule has 2 saturated heterocycles. The van der Waals surface area contributed by atoms with Gasteiger partial charge < -0.3 is 25.5 Å². The maximum absolute atomic E-state index is 12.9. The predicted molar refractivity (Wildman–Crippen MR) is 106 cm³/mol. The van der Waals surface area contributed by atoms with Gasteiger partial charge in [0.05, 0.1) is 6.54 Å². The van der Waals surface area contributed by atoms with Crippen molar-refractivity contribution < 1.29 is 19.5 Å². The second-order valence-electron chi connectivity index (χ2n) is 7.22. The van der Waals surface area contributed by atoms with E-state index in [1.807, 2.05) is 18.2 Å². The summed E-state index contributed by atoms with van der Waals surface area (Å²) >= 11 is 0. The third kappa shape index (κ3) is 4.01. The van der Waals surface area contributed by atoms with E-state index >= 15 is 0 Å². The molecule has 4 rings (SSSR count). The van der Waals surface area contributed by atoms with Gasteiger partial charge in [0.1, 0.15) is 17.8 Å². The summed E-state index contributed by atoms with van der Waals surface area (Å²) in [5.74, 6) is -0.255. The number of hydrogen-bond donors (Lipinski definition) is 3. The quantitative estimate of drug-likeness (QED) is 0.727. The van der Waals surface area contributed by atoms with Crippen LogP contribution in [0.5, 0.6) is 5.75 Å². The molecule has 0 saturated carbocycles. The molecule has 0 aromatic heterocycles. The molecular formula is C21H22N4O4. The Bertz CT molecular complexity index is 916. The molecule has 2 unspecified atom stereocenters. The summed E-state index contributed by atoms with van der Waals surface area (Å²) in [4.78, 5) is 41.2.